The number of amides is 4. The van der Waals surface area contributed by atoms with E-state index in [1.807, 2.05) is 24.3 Å². The predicted octanol–water partition coefficient (Wildman–Crippen LogP) is 2.64. The van der Waals surface area contributed by atoms with E-state index < -0.39 is 41.8 Å². The number of imide groups is 1. The lowest BCUT2D eigenvalue weighted by molar-refractivity contribution is -0.125. The van der Waals surface area contributed by atoms with Gasteiger partial charge in [0.1, 0.15) is 12.1 Å². The summed E-state index contributed by atoms with van der Waals surface area (Å²) >= 11 is 0. The lowest BCUT2D eigenvalue weighted by Gasteiger charge is -2.38. The molecule has 0 aliphatic carbocycles. The second-order valence-electron chi connectivity index (χ2n) is 9.97. The van der Waals surface area contributed by atoms with E-state index in [1.165, 1.54) is 6.07 Å². The Morgan fingerprint density at radius 2 is 1.79 bits per heavy atom. The Morgan fingerprint density at radius 1 is 1.05 bits per heavy atom. The second kappa shape index (κ2) is 10.9. The van der Waals surface area contributed by atoms with Crippen molar-refractivity contribution in [2.75, 3.05) is 31.1 Å². The van der Waals surface area contributed by atoms with Crippen LogP contribution in [0.1, 0.15) is 36.4 Å². The van der Waals surface area contributed by atoms with Crippen LogP contribution < -0.4 is 16.0 Å². The minimum Gasteiger partial charge on any atom is -0.433 e. The molecule has 3 aliphatic rings. The van der Waals surface area contributed by atoms with Crippen molar-refractivity contribution in [1.29, 1.82) is 5.26 Å². The zero-order valence-electron chi connectivity index (χ0n) is 21.1. The lowest BCUT2D eigenvalue weighted by Crippen LogP contribution is -2.49. The molecule has 3 aliphatic heterocycles. The molecule has 4 amide bonds. The highest BCUT2D eigenvalue weighted by atomic mass is 19.2. The van der Waals surface area contributed by atoms with Gasteiger partial charge < -0.3 is 20.7 Å². The van der Waals surface area contributed by atoms with Gasteiger partial charge in [-0.05, 0) is 49.1 Å². The van der Waals surface area contributed by atoms with Crippen molar-refractivity contribution in [1.82, 2.24) is 15.1 Å². The van der Waals surface area contributed by atoms with Crippen LogP contribution in [0, 0.1) is 23.0 Å². The number of urea groups is 1. The van der Waals surface area contributed by atoms with E-state index in [-0.39, 0.29) is 11.6 Å². The Labute approximate surface area is 223 Å². The predicted molar refractivity (Wildman–Crippen MR) is 135 cm³/mol. The highest BCUT2D eigenvalue weighted by Gasteiger charge is 2.50. The van der Waals surface area contributed by atoms with Crippen molar-refractivity contribution in [2.45, 2.75) is 43.5 Å². The number of nitrogens with two attached hydrogens (primary N) is 1. The Bertz CT molecular complexity index is 1330. The van der Waals surface area contributed by atoms with Gasteiger partial charge in [0, 0.05) is 38.3 Å². The molecular weight excluding hydrogens is 510 g/mol. The van der Waals surface area contributed by atoms with Gasteiger partial charge in [0.2, 0.25) is 6.10 Å². The third-order valence-corrected chi connectivity index (χ3v) is 7.67. The minimum atomic E-state index is -1.54. The van der Waals surface area contributed by atoms with E-state index >= 15 is 0 Å². The van der Waals surface area contributed by atoms with Crippen LogP contribution in [0.15, 0.2) is 42.5 Å². The van der Waals surface area contributed by atoms with Crippen molar-refractivity contribution < 1.29 is 27.9 Å². The van der Waals surface area contributed by atoms with Crippen LogP contribution in [0.25, 0.3) is 0 Å². The molecule has 2 aromatic rings. The number of carbonyl (C=O) groups excluding carboxylic acids is 3. The third-order valence-electron chi connectivity index (χ3n) is 7.67. The molecule has 12 heteroatoms. The molecule has 3 atom stereocenters. The first-order valence-corrected chi connectivity index (χ1v) is 12.8. The van der Waals surface area contributed by atoms with Crippen molar-refractivity contribution in [2.24, 2.45) is 5.73 Å². The largest absolute Gasteiger partial charge is 0.433 e. The van der Waals surface area contributed by atoms with Gasteiger partial charge in [-0.1, -0.05) is 18.2 Å². The lowest BCUT2D eigenvalue weighted by atomic mass is 10.00. The molecule has 3 heterocycles. The number of hydrogen-bond acceptors (Lipinski definition) is 7. The van der Waals surface area contributed by atoms with Crippen molar-refractivity contribution in [3.8, 4) is 6.07 Å². The van der Waals surface area contributed by atoms with Gasteiger partial charge in [0.15, 0.2) is 11.6 Å². The van der Waals surface area contributed by atoms with Gasteiger partial charge in [0.25, 0.3) is 5.91 Å². The van der Waals surface area contributed by atoms with Crippen LogP contribution in [-0.4, -0.2) is 72.2 Å². The number of benzene rings is 2. The zero-order valence-corrected chi connectivity index (χ0v) is 21.1. The zero-order chi connectivity index (χ0) is 27.7. The van der Waals surface area contributed by atoms with E-state index in [9.17, 15) is 28.4 Å². The summed E-state index contributed by atoms with van der Waals surface area (Å²) in [4.78, 5) is 43.0. The molecule has 0 aromatic heterocycles. The summed E-state index contributed by atoms with van der Waals surface area (Å²) in [6, 6.07) is 10.6. The Morgan fingerprint density at radius 3 is 2.49 bits per heavy atom. The topological polar surface area (TPSA) is 132 Å². The number of nitrogens with one attached hydrogen (secondary N) is 1. The molecular formula is C27H28F2N6O4. The number of likely N-dealkylation sites (tertiary alicyclic amines) is 1. The first-order chi connectivity index (χ1) is 18.8. The number of piperidine rings is 1. The molecule has 3 saturated heterocycles. The van der Waals surface area contributed by atoms with E-state index in [2.05, 4.69) is 21.2 Å². The number of ether oxygens (including phenoxy) is 1. The molecule has 39 heavy (non-hydrogen) atoms. The first-order valence-electron chi connectivity index (χ1n) is 12.8. The maximum absolute atomic E-state index is 13.9. The van der Waals surface area contributed by atoms with E-state index in [4.69, 9.17) is 10.5 Å². The molecule has 0 radical (unpaired) electrons. The fourth-order valence-corrected chi connectivity index (χ4v) is 5.72. The molecule has 3 fully saturated rings. The summed E-state index contributed by atoms with van der Waals surface area (Å²) in [6.07, 6.45) is -0.175. The second-order valence-corrected chi connectivity index (χ2v) is 9.97. The number of anilines is 1. The number of para-hydroxylation sites is 1. The fraction of sp³-hybridized carbons (Fsp3) is 0.407. The number of primary amides is 1. The van der Waals surface area contributed by atoms with Gasteiger partial charge in [-0.25, -0.2) is 23.3 Å². The van der Waals surface area contributed by atoms with Crippen LogP contribution in [-0.2, 0) is 9.53 Å². The molecule has 5 rings (SSSR count). The van der Waals surface area contributed by atoms with Gasteiger partial charge in [0.05, 0.1) is 11.3 Å². The van der Waals surface area contributed by atoms with Gasteiger partial charge >= 0.3 is 12.1 Å². The molecule has 10 nitrogen and oxygen atoms in total. The molecule has 2 aromatic carbocycles. The summed E-state index contributed by atoms with van der Waals surface area (Å²) in [7, 11) is 0. The Kier molecular flexibility index (Phi) is 7.34. The number of nitrogens with zero attached hydrogens (tertiary/aromatic N) is 4. The summed E-state index contributed by atoms with van der Waals surface area (Å²) < 4.78 is 32.5. The summed E-state index contributed by atoms with van der Waals surface area (Å²) in [6.45, 7) is 2.94. The number of hydrogen-bond donors (Lipinski definition) is 2. The third kappa shape index (κ3) is 5.22. The maximum atomic E-state index is 13.9. The first kappa shape index (κ1) is 26.4. The average Bonchev–Trinajstić information content (AvgIpc) is 3.54. The van der Waals surface area contributed by atoms with Crippen molar-refractivity contribution >= 4 is 23.7 Å². The highest BCUT2D eigenvalue weighted by Crippen LogP contribution is 2.34. The SMILES string of the molecule is N#Cc1ccccc1N1CCC(N2CCC(NC(=O)N3C(=O)OC(C(N)=O)C3c3ccc(F)c(F)c3)C2)CC1. The number of carbonyl (C=O) groups is 3. The van der Waals surface area contributed by atoms with Crippen molar-refractivity contribution in [3.05, 3.63) is 65.2 Å². The van der Waals surface area contributed by atoms with Crippen LogP contribution in [0.3, 0.4) is 0 Å². The van der Waals surface area contributed by atoms with Crippen LogP contribution >= 0.6 is 0 Å². The summed E-state index contributed by atoms with van der Waals surface area (Å²) in [5, 5.41) is 12.2. The number of rotatable bonds is 5. The van der Waals surface area contributed by atoms with Crippen LogP contribution in [0.5, 0.6) is 0 Å². The number of nitriles is 1. The quantitative estimate of drug-likeness (QED) is 0.598. The number of halogens is 2. The highest BCUT2D eigenvalue weighted by molar-refractivity contribution is 5.97. The molecule has 3 unspecified atom stereocenters. The molecule has 204 valence electrons. The van der Waals surface area contributed by atoms with E-state index in [0.29, 0.717) is 29.5 Å². The fourth-order valence-electron chi connectivity index (χ4n) is 5.72. The van der Waals surface area contributed by atoms with Gasteiger partial charge in [-0.15, -0.1) is 0 Å². The van der Waals surface area contributed by atoms with E-state index in [0.717, 1.165) is 50.3 Å². The van der Waals surface area contributed by atoms with Crippen molar-refractivity contribution in [3.63, 3.8) is 0 Å². The smallest absolute Gasteiger partial charge is 0.419 e. The van der Waals surface area contributed by atoms with Crippen LogP contribution in [0.2, 0.25) is 0 Å². The standard InChI is InChI=1S/C27H28F2N6O4/c28-20-6-5-16(13-21(20)29)23-24(25(31)36)39-27(38)35(23)26(37)32-18-7-10-34(15-18)19-8-11-33(12-9-19)22-4-2-1-3-17(22)14-30/h1-6,13,18-19,23-24H,7-12,15H2,(H2,31,36)(H,32,37). The van der Waals surface area contributed by atoms with E-state index in [1.54, 1.807) is 0 Å². The van der Waals surface area contributed by atoms with Gasteiger partial charge in [-0.3, -0.25) is 9.69 Å². The molecule has 0 spiro atoms. The Balaban J connectivity index is 1.21. The monoisotopic (exact) mass is 538 g/mol. The van der Waals surface area contributed by atoms with Crippen LogP contribution in [0.4, 0.5) is 24.1 Å². The average molecular weight is 539 g/mol. The normalized spacial score (nSPS) is 23.9. The molecule has 0 saturated carbocycles. The minimum absolute atomic E-state index is 0.0106. The summed E-state index contributed by atoms with van der Waals surface area (Å²) in [5.41, 5.74) is 6.98. The maximum Gasteiger partial charge on any atom is 0.419 e. The molecule has 3 N–H and O–H groups in total. The summed E-state index contributed by atoms with van der Waals surface area (Å²) in [5.74, 6) is -3.31. The van der Waals surface area contributed by atoms with Gasteiger partial charge in [-0.2, -0.15) is 5.26 Å². The molecule has 0 bridgehead atoms. The Hall–Kier alpha value is -4.24. The number of cyclic esters (lactones) is 1.